The maximum Gasteiger partial charge on any atom is 0.272 e. The standard InChI is InChI=1S/C15H18N4O/c1-3-19(10-12-7-4-6-11(2)17-12)15(20)13-8-5-9-14(16)18-13/h4-9H,3,10H2,1-2H3,(H2,16,18). The lowest BCUT2D eigenvalue weighted by Crippen LogP contribution is -2.31. The number of nitrogens with two attached hydrogens (primary N) is 1. The molecule has 104 valence electrons. The van der Waals surface area contributed by atoms with E-state index in [0.29, 0.717) is 24.6 Å². The van der Waals surface area contributed by atoms with E-state index < -0.39 is 0 Å². The van der Waals surface area contributed by atoms with Crippen LogP contribution in [0.25, 0.3) is 0 Å². The molecular formula is C15H18N4O. The number of aryl methyl sites for hydroxylation is 1. The van der Waals surface area contributed by atoms with Crippen molar-refractivity contribution in [2.24, 2.45) is 0 Å². The molecule has 0 spiro atoms. The molecule has 0 aromatic carbocycles. The molecule has 0 atom stereocenters. The van der Waals surface area contributed by atoms with Gasteiger partial charge in [0.25, 0.3) is 5.91 Å². The van der Waals surface area contributed by atoms with Crippen molar-refractivity contribution in [3.8, 4) is 0 Å². The number of nitrogens with zero attached hydrogens (tertiary/aromatic N) is 3. The number of nitrogen functional groups attached to an aromatic ring is 1. The Morgan fingerprint density at radius 1 is 1.20 bits per heavy atom. The summed E-state index contributed by atoms with van der Waals surface area (Å²) < 4.78 is 0. The van der Waals surface area contributed by atoms with E-state index in [4.69, 9.17) is 5.73 Å². The molecule has 20 heavy (non-hydrogen) atoms. The molecule has 0 aliphatic carbocycles. The minimum absolute atomic E-state index is 0.136. The number of anilines is 1. The summed E-state index contributed by atoms with van der Waals surface area (Å²) in [6.07, 6.45) is 0. The minimum atomic E-state index is -0.136. The molecule has 5 heteroatoms. The summed E-state index contributed by atoms with van der Waals surface area (Å²) in [7, 11) is 0. The molecule has 0 saturated heterocycles. The summed E-state index contributed by atoms with van der Waals surface area (Å²) in [6, 6.07) is 10.8. The summed E-state index contributed by atoms with van der Waals surface area (Å²) in [5.41, 5.74) is 7.78. The number of carbonyl (C=O) groups excluding carboxylic acids is 1. The van der Waals surface area contributed by atoms with Gasteiger partial charge in [0, 0.05) is 12.2 Å². The highest BCUT2D eigenvalue weighted by atomic mass is 16.2. The summed E-state index contributed by atoms with van der Waals surface area (Å²) in [5, 5.41) is 0. The Kier molecular flexibility index (Phi) is 4.30. The zero-order valence-corrected chi connectivity index (χ0v) is 11.7. The van der Waals surface area contributed by atoms with Crippen molar-refractivity contribution < 1.29 is 4.79 Å². The first-order valence-corrected chi connectivity index (χ1v) is 6.54. The van der Waals surface area contributed by atoms with Crippen molar-refractivity contribution in [1.82, 2.24) is 14.9 Å². The van der Waals surface area contributed by atoms with Crippen LogP contribution in [0.5, 0.6) is 0 Å². The number of pyridine rings is 2. The van der Waals surface area contributed by atoms with Gasteiger partial charge in [0.1, 0.15) is 11.5 Å². The van der Waals surface area contributed by atoms with E-state index in [0.717, 1.165) is 11.4 Å². The van der Waals surface area contributed by atoms with Crippen molar-refractivity contribution in [2.45, 2.75) is 20.4 Å². The van der Waals surface area contributed by atoms with Gasteiger partial charge in [0.05, 0.1) is 12.2 Å². The van der Waals surface area contributed by atoms with E-state index in [1.165, 1.54) is 0 Å². The molecule has 5 nitrogen and oxygen atoms in total. The maximum atomic E-state index is 12.4. The highest BCUT2D eigenvalue weighted by Gasteiger charge is 2.16. The first-order chi connectivity index (χ1) is 9.60. The number of aromatic nitrogens is 2. The Bertz CT molecular complexity index is 612. The molecular weight excluding hydrogens is 252 g/mol. The van der Waals surface area contributed by atoms with Gasteiger partial charge >= 0.3 is 0 Å². The number of rotatable bonds is 4. The third-order valence-corrected chi connectivity index (χ3v) is 2.96. The van der Waals surface area contributed by atoms with Gasteiger partial charge in [0.2, 0.25) is 0 Å². The van der Waals surface area contributed by atoms with Gasteiger partial charge in [0.15, 0.2) is 0 Å². The molecule has 2 heterocycles. The van der Waals surface area contributed by atoms with Crippen molar-refractivity contribution in [3.05, 3.63) is 53.5 Å². The normalized spacial score (nSPS) is 10.3. The Labute approximate surface area is 118 Å². The van der Waals surface area contributed by atoms with Crippen LogP contribution < -0.4 is 5.73 Å². The predicted octanol–water partition coefficient (Wildman–Crippen LogP) is 2.03. The second-order valence-corrected chi connectivity index (χ2v) is 4.54. The van der Waals surface area contributed by atoms with Crippen LogP contribution in [0.4, 0.5) is 5.82 Å². The fourth-order valence-corrected chi connectivity index (χ4v) is 1.94. The summed E-state index contributed by atoms with van der Waals surface area (Å²) in [5.74, 6) is 0.212. The van der Waals surface area contributed by atoms with Crippen LogP contribution in [-0.4, -0.2) is 27.3 Å². The summed E-state index contributed by atoms with van der Waals surface area (Å²) >= 11 is 0. The molecule has 0 saturated carbocycles. The largest absolute Gasteiger partial charge is 0.384 e. The van der Waals surface area contributed by atoms with E-state index >= 15 is 0 Å². The van der Waals surface area contributed by atoms with Gasteiger partial charge in [-0.2, -0.15) is 0 Å². The van der Waals surface area contributed by atoms with E-state index in [2.05, 4.69) is 9.97 Å². The van der Waals surface area contributed by atoms with Crippen LogP contribution in [-0.2, 0) is 6.54 Å². The SMILES string of the molecule is CCN(Cc1cccc(C)n1)C(=O)c1cccc(N)n1. The first-order valence-electron chi connectivity index (χ1n) is 6.54. The summed E-state index contributed by atoms with van der Waals surface area (Å²) in [6.45, 7) is 4.92. The van der Waals surface area contributed by atoms with Crippen LogP contribution in [0.2, 0.25) is 0 Å². The van der Waals surface area contributed by atoms with Crippen molar-refractivity contribution in [2.75, 3.05) is 12.3 Å². The third kappa shape index (κ3) is 3.32. The Balaban J connectivity index is 2.18. The van der Waals surface area contributed by atoms with Crippen LogP contribution >= 0.6 is 0 Å². The zero-order valence-electron chi connectivity index (χ0n) is 11.7. The molecule has 2 N–H and O–H groups in total. The average molecular weight is 270 g/mol. The highest BCUT2D eigenvalue weighted by Crippen LogP contribution is 2.09. The Hall–Kier alpha value is -2.43. The third-order valence-electron chi connectivity index (χ3n) is 2.96. The topological polar surface area (TPSA) is 72.1 Å². The Morgan fingerprint density at radius 3 is 2.60 bits per heavy atom. The molecule has 2 aromatic rings. The number of hydrogen-bond donors (Lipinski definition) is 1. The molecule has 2 aromatic heterocycles. The second kappa shape index (κ2) is 6.14. The molecule has 0 bridgehead atoms. The van der Waals surface area contributed by atoms with Gasteiger partial charge < -0.3 is 10.6 Å². The van der Waals surface area contributed by atoms with E-state index in [9.17, 15) is 4.79 Å². The van der Waals surface area contributed by atoms with Crippen LogP contribution in [0.1, 0.15) is 28.8 Å². The number of hydrogen-bond acceptors (Lipinski definition) is 4. The van der Waals surface area contributed by atoms with Gasteiger partial charge in [-0.1, -0.05) is 12.1 Å². The average Bonchev–Trinajstić information content (AvgIpc) is 2.44. The van der Waals surface area contributed by atoms with Crippen LogP contribution in [0.3, 0.4) is 0 Å². The van der Waals surface area contributed by atoms with Gasteiger partial charge in [-0.25, -0.2) is 4.98 Å². The monoisotopic (exact) mass is 270 g/mol. The highest BCUT2D eigenvalue weighted by molar-refractivity contribution is 5.92. The molecule has 0 unspecified atom stereocenters. The van der Waals surface area contributed by atoms with Crippen molar-refractivity contribution in [3.63, 3.8) is 0 Å². The first kappa shape index (κ1) is 14.0. The quantitative estimate of drug-likeness (QED) is 0.922. The fourth-order valence-electron chi connectivity index (χ4n) is 1.94. The fraction of sp³-hybridized carbons (Fsp3) is 0.267. The van der Waals surface area contributed by atoms with Crippen LogP contribution in [0.15, 0.2) is 36.4 Å². The molecule has 2 rings (SSSR count). The second-order valence-electron chi connectivity index (χ2n) is 4.54. The van der Waals surface area contributed by atoms with Crippen LogP contribution in [0, 0.1) is 6.92 Å². The maximum absolute atomic E-state index is 12.4. The molecule has 0 radical (unpaired) electrons. The number of amides is 1. The Morgan fingerprint density at radius 2 is 1.95 bits per heavy atom. The van der Waals surface area contributed by atoms with Crippen molar-refractivity contribution in [1.29, 1.82) is 0 Å². The lowest BCUT2D eigenvalue weighted by atomic mass is 10.2. The predicted molar refractivity (Wildman–Crippen MR) is 78.0 cm³/mol. The lowest BCUT2D eigenvalue weighted by Gasteiger charge is -2.20. The van der Waals surface area contributed by atoms with E-state index in [1.54, 1.807) is 23.1 Å². The minimum Gasteiger partial charge on any atom is -0.384 e. The van der Waals surface area contributed by atoms with E-state index in [1.807, 2.05) is 32.0 Å². The van der Waals surface area contributed by atoms with Gasteiger partial charge in [-0.3, -0.25) is 9.78 Å². The molecule has 1 amide bonds. The smallest absolute Gasteiger partial charge is 0.272 e. The zero-order chi connectivity index (χ0) is 14.5. The van der Waals surface area contributed by atoms with Gasteiger partial charge in [-0.15, -0.1) is 0 Å². The summed E-state index contributed by atoms with van der Waals surface area (Å²) in [4.78, 5) is 22.6. The van der Waals surface area contributed by atoms with E-state index in [-0.39, 0.29) is 5.91 Å². The molecule has 0 aliphatic heterocycles. The lowest BCUT2D eigenvalue weighted by molar-refractivity contribution is 0.0745. The molecule has 0 aliphatic rings. The van der Waals surface area contributed by atoms with Gasteiger partial charge in [-0.05, 0) is 38.1 Å². The molecule has 0 fully saturated rings. The number of carbonyl (C=O) groups is 1. The van der Waals surface area contributed by atoms with Crippen molar-refractivity contribution >= 4 is 11.7 Å².